The molecule has 168 valence electrons. The molecule has 1 fully saturated rings. The lowest BCUT2D eigenvalue weighted by atomic mass is 9.94. The molecule has 1 amide bonds. The van der Waals surface area contributed by atoms with Crippen LogP contribution in [0.1, 0.15) is 22.7 Å². The maximum absolute atomic E-state index is 13.2. The predicted octanol–water partition coefficient (Wildman–Crippen LogP) is 5.64. The summed E-state index contributed by atoms with van der Waals surface area (Å²) in [5.41, 5.74) is 1.75. The zero-order valence-corrected chi connectivity index (χ0v) is 19.2. The van der Waals surface area contributed by atoms with Crippen molar-refractivity contribution in [3.63, 3.8) is 0 Å². The number of benzene rings is 3. The van der Waals surface area contributed by atoms with E-state index in [1.54, 1.807) is 43.3 Å². The van der Waals surface area contributed by atoms with E-state index in [2.05, 4.69) is 0 Å². The van der Waals surface area contributed by atoms with Crippen LogP contribution in [0.3, 0.4) is 0 Å². The van der Waals surface area contributed by atoms with Crippen LogP contribution in [0.4, 0.5) is 5.69 Å². The fraction of sp³-hybridized carbons (Fsp3) is 0.120. The zero-order valence-electron chi connectivity index (χ0n) is 17.7. The summed E-state index contributed by atoms with van der Waals surface area (Å²) >= 11 is 12.2. The molecule has 8 heteroatoms. The number of Topliss-reactive ketones (excluding diaryl/α,β-unsaturated/α-hetero) is 1. The fourth-order valence-corrected chi connectivity index (χ4v) is 4.22. The van der Waals surface area contributed by atoms with Gasteiger partial charge in [-0.1, -0.05) is 35.3 Å². The van der Waals surface area contributed by atoms with Crippen LogP contribution in [0.15, 0.2) is 66.2 Å². The van der Waals surface area contributed by atoms with E-state index in [-0.39, 0.29) is 22.1 Å². The number of aromatic hydroxyl groups is 1. The number of aryl methyl sites for hydroxylation is 1. The number of amides is 1. The molecule has 0 radical (unpaired) electrons. The number of hydrogen-bond donors (Lipinski definition) is 2. The number of hydrogen-bond acceptors (Lipinski definition) is 5. The molecule has 3 aromatic carbocycles. The van der Waals surface area contributed by atoms with Crippen LogP contribution in [-0.4, -0.2) is 29.0 Å². The summed E-state index contributed by atoms with van der Waals surface area (Å²) in [6.45, 7) is 1.80. The van der Waals surface area contributed by atoms with Gasteiger partial charge in [-0.2, -0.15) is 0 Å². The highest BCUT2D eigenvalue weighted by atomic mass is 35.5. The van der Waals surface area contributed by atoms with Crippen LogP contribution in [0.5, 0.6) is 11.5 Å². The van der Waals surface area contributed by atoms with Crippen LogP contribution in [0, 0.1) is 6.92 Å². The standard InChI is InChI=1S/C25H19Cl2NO5/c1-13-10-15(6-9-20(13)33-2)23(30)21-22(14-4-3-5-17(29)11-14)28(25(32)24(21)31)16-7-8-18(26)19(27)12-16/h3-12,22,29-30H,1-2H3/b23-21+. The third-order valence-corrected chi connectivity index (χ3v) is 6.22. The van der Waals surface area contributed by atoms with Gasteiger partial charge in [-0.15, -0.1) is 0 Å². The first-order valence-electron chi connectivity index (χ1n) is 9.93. The molecule has 2 N–H and O–H groups in total. The van der Waals surface area contributed by atoms with Crippen LogP contribution >= 0.6 is 23.2 Å². The van der Waals surface area contributed by atoms with Crippen molar-refractivity contribution in [2.45, 2.75) is 13.0 Å². The largest absolute Gasteiger partial charge is 0.508 e. The number of phenolic OH excluding ortho intramolecular Hbond substituents is 1. The first-order valence-corrected chi connectivity index (χ1v) is 10.7. The van der Waals surface area contributed by atoms with E-state index in [1.807, 2.05) is 0 Å². The molecule has 1 heterocycles. The molecule has 0 spiro atoms. The number of aliphatic hydroxyl groups is 1. The van der Waals surface area contributed by atoms with Gasteiger partial charge < -0.3 is 14.9 Å². The van der Waals surface area contributed by atoms with Crippen molar-refractivity contribution in [3.05, 3.63) is 93.0 Å². The maximum Gasteiger partial charge on any atom is 0.300 e. The highest BCUT2D eigenvalue weighted by Gasteiger charge is 2.47. The van der Waals surface area contributed by atoms with E-state index in [9.17, 15) is 19.8 Å². The van der Waals surface area contributed by atoms with Crippen LogP contribution in [-0.2, 0) is 9.59 Å². The van der Waals surface area contributed by atoms with Crippen molar-refractivity contribution in [1.29, 1.82) is 0 Å². The van der Waals surface area contributed by atoms with Crippen LogP contribution in [0.25, 0.3) is 5.76 Å². The number of ether oxygens (including phenoxy) is 1. The first kappa shape index (κ1) is 22.7. The molecule has 33 heavy (non-hydrogen) atoms. The van der Waals surface area contributed by atoms with Gasteiger partial charge in [-0.3, -0.25) is 14.5 Å². The summed E-state index contributed by atoms with van der Waals surface area (Å²) in [5, 5.41) is 21.7. The first-order chi connectivity index (χ1) is 15.7. The van der Waals surface area contributed by atoms with E-state index < -0.39 is 17.7 Å². The van der Waals surface area contributed by atoms with Gasteiger partial charge in [0.1, 0.15) is 17.3 Å². The smallest absolute Gasteiger partial charge is 0.300 e. The number of carbonyl (C=O) groups is 2. The second kappa shape index (κ2) is 8.81. The number of rotatable bonds is 4. The number of nitrogens with zero attached hydrogens (tertiary/aromatic N) is 1. The zero-order chi connectivity index (χ0) is 23.9. The van der Waals surface area contributed by atoms with Gasteiger partial charge in [0.25, 0.3) is 11.7 Å². The average molecular weight is 484 g/mol. The van der Waals surface area contributed by atoms with Crippen molar-refractivity contribution in [1.82, 2.24) is 0 Å². The minimum atomic E-state index is -1.00. The Morgan fingerprint density at radius 3 is 2.39 bits per heavy atom. The monoisotopic (exact) mass is 483 g/mol. The van der Waals surface area contributed by atoms with Gasteiger partial charge in [0.2, 0.25) is 0 Å². The quantitative estimate of drug-likeness (QED) is 0.284. The van der Waals surface area contributed by atoms with Gasteiger partial charge in [0.15, 0.2) is 0 Å². The van der Waals surface area contributed by atoms with E-state index >= 15 is 0 Å². The molecular formula is C25H19Cl2NO5. The number of aliphatic hydroxyl groups excluding tert-OH is 1. The van der Waals surface area contributed by atoms with Crippen LogP contribution in [0.2, 0.25) is 10.0 Å². The second-order valence-corrected chi connectivity index (χ2v) is 8.36. The van der Waals surface area contributed by atoms with E-state index in [0.29, 0.717) is 27.6 Å². The topological polar surface area (TPSA) is 87.1 Å². The summed E-state index contributed by atoms with van der Waals surface area (Å²) in [7, 11) is 1.53. The van der Waals surface area contributed by atoms with E-state index in [0.717, 1.165) is 5.56 Å². The van der Waals surface area contributed by atoms with Crippen molar-refractivity contribution in [3.8, 4) is 11.5 Å². The van der Waals surface area contributed by atoms with Gasteiger partial charge in [0, 0.05) is 11.3 Å². The number of phenols is 1. The molecule has 1 aliphatic rings. The van der Waals surface area contributed by atoms with Crippen LogP contribution < -0.4 is 9.64 Å². The molecule has 1 saturated heterocycles. The lowest BCUT2D eigenvalue weighted by Crippen LogP contribution is -2.29. The van der Waals surface area contributed by atoms with E-state index in [1.165, 1.54) is 36.3 Å². The Labute approximate surface area is 200 Å². The summed E-state index contributed by atoms with van der Waals surface area (Å²) in [5.74, 6) is -1.47. The Morgan fingerprint density at radius 1 is 1.00 bits per heavy atom. The van der Waals surface area contributed by atoms with Gasteiger partial charge in [-0.25, -0.2) is 0 Å². The SMILES string of the molecule is COc1ccc(/C(O)=C2\C(=O)C(=O)N(c3ccc(Cl)c(Cl)c3)C2c2cccc(O)c2)cc1C. The molecule has 0 bridgehead atoms. The van der Waals surface area contributed by atoms with Gasteiger partial charge in [0.05, 0.1) is 28.8 Å². The lowest BCUT2D eigenvalue weighted by Gasteiger charge is -2.26. The van der Waals surface area contributed by atoms with Gasteiger partial charge >= 0.3 is 0 Å². The summed E-state index contributed by atoms with van der Waals surface area (Å²) in [4.78, 5) is 27.6. The Morgan fingerprint density at radius 2 is 1.76 bits per heavy atom. The average Bonchev–Trinajstić information content (AvgIpc) is 3.06. The maximum atomic E-state index is 13.2. The molecule has 1 atom stereocenters. The second-order valence-electron chi connectivity index (χ2n) is 7.55. The number of carbonyl (C=O) groups excluding carboxylic acids is 2. The molecule has 4 rings (SSSR count). The van der Waals surface area contributed by atoms with Crippen molar-refractivity contribution in [2.75, 3.05) is 12.0 Å². The molecule has 0 saturated carbocycles. The highest BCUT2D eigenvalue weighted by molar-refractivity contribution is 6.52. The summed E-state index contributed by atoms with van der Waals surface area (Å²) in [6.07, 6.45) is 0. The van der Waals surface area contributed by atoms with Crippen molar-refractivity contribution < 1.29 is 24.5 Å². The predicted molar refractivity (Wildman–Crippen MR) is 127 cm³/mol. The minimum absolute atomic E-state index is 0.0486. The van der Waals surface area contributed by atoms with Crippen molar-refractivity contribution >= 4 is 46.3 Å². The number of methoxy groups -OCH3 is 1. The third-order valence-electron chi connectivity index (χ3n) is 5.48. The number of anilines is 1. The number of ketones is 1. The Balaban J connectivity index is 1.96. The summed E-state index contributed by atoms with van der Waals surface area (Å²) < 4.78 is 5.26. The Hall–Kier alpha value is -3.48. The molecular weight excluding hydrogens is 465 g/mol. The molecule has 0 aromatic heterocycles. The number of halogens is 2. The molecule has 3 aromatic rings. The molecule has 6 nitrogen and oxygen atoms in total. The molecule has 1 unspecified atom stereocenters. The summed E-state index contributed by atoms with van der Waals surface area (Å²) in [6, 6.07) is 14.7. The van der Waals surface area contributed by atoms with Crippen molar-refractivity contribution in [2.24, 2.45) is 0 Å². The normalized spacial score (nSPS) is 17.5. The fourth-order valence-electron chi connectivity index (χ4n) is 3.93. The Kier molecular flexibility index (Phi) is 6.06. The third kappa shape index (κ3) is 4.03. The lowest BCUT2D eigenvalue weighted by molar-refractivity contribution is -0.132. The highest BCUT2D eigenvalue weighted by Crippen LogP contribution is 2.44. The molecule has 1 aliphatic heterocycles. The van der Waals surface area contributed by atoms with E-state index in [4.69, 9.17) is 27.9 Å². The minimum Gasteiger partial charge on any atom is -0.508 e. The van der Waals surface area contributed by atoms with Gasteiger partial charge in [-0.05, 0) is 66.6 Å². The Bertz CT molecular complexity index is 1320. The molecule has 0 aliphatic carbocycles.